The summed E-state index contributed by atoms with van der Waals surface area (Å²) >= 11 is 0. The van der Waals surface area contributed by atoms with Crippen LogP contribution in [0.25, 0.3) is 0 Å². The van der Waals surface area contributed by atoms with Crippen LogP contribution in [0, 0.1) is 0 Å². The first kappa shape index (κ1) is 7.47. The molecule has 0 unspecified atom stereocenters. The molecular weight excluding hydrogens is 153 g/mol. The molecule has 62 valence electrons. The van der Waals surface area contributed by atoms with Gasteiger partial charge < -0.3 is 0 Å². The second kappa shape index (κ2) is 3.05. The van der Waals surface area contributed by atoms with Gasteiger partial charge in [-0.1, -0.05) is 24.3 Å². The number of hydrogen-bond acceptors (Lipinski definition) is 1. The maximum absolute atomic E-state index is 12.3. The Kier molecular flexibility index (Phi) is 1.90. The minimum atomic E-state index is -0.356. The molecule has 1 heterocycles. The van der Waals surface area contributed by atoms with Gasteiger partial charge in [0.05, 0.1) is 6.04 Å². The lowest BCUT2D eigenvalue weighted by Gasteiger charge is -2.15. The van der Waals surface area contributed by atoms with E-state index < -0.39 is 0 Å². The van der Waals surface area contributed by atoms with Gasteiger partial charge in [-0.15, -0.1) is 0 Å². The second-order valence-corrected chi connectivity index (χ2v) is 2.99. The van der Waals surface area contributed by atoms with Crippen LogP contribution in [-0.4, -0.2) is 18.9 Å². The van der Waals surface area contributed by atoms with Crippen LogP contribution in [0.1, 0.15) is 11.1 Å². The summed E-state index contributed by atoms with van der Waals surface area (Å²) in [4.78, 5) is 4.09. The van der Waals surface area contributed by atoms with E-state index in [1.165, 1.54) is 5.56 Å². The van der Waals surface area contributed by atoms with Crippen LogP contribution in [-0.2, 0) is 6.42 Å². The maximum Gasteiger partial charge on any atom is 0.112 e. The van der Waals surface area contributed by atoms with Crippen LogP contribution in [0.15, 0.2) is 29.3 Å². The molecule has 0 fully saturated rings. The molecule has 0 N–H and O–H groups in total. The van der Waals surface area contributed by atoms with Crippen molar-refractivity contribution >= 4 is 6.21 Å². The summed E-state index contributed by atoms with van der Waals surface area (Å²) < 4.78 is 12.3. The molecule has 2 heteroatoms. The molecule has 0 spiro atoms. The predicted octanol–water partition coefficient (Wildman–Crippen LogP) is 2.00. The SMILES string of the molecule is FC[C@@H]1Cc2ccccc2C=N1. The molecule has 0 aromatic heterocycles. The van der Waals surface area contributed by atoms with E-state index in [4.69, 9.17) is 0 Å². The minimum Gasteiger partial charge on any atom is -0.286 e. The van der Waals surface area contributed by atoms with E-state index in [1.807, 2.05) is 24.3 Å². The fourth-order valence-corrected chi connectivity index (χ4v) is 1.43. The summed E-state index contributed by atoms with van der Waals surface area (Å²) in [5.74, 6) is 0. The standard InChI is InChI=1S/C10H10FN/c11-6-10-5-8-3-1-2-4-9(8)7-12-10/h1-4,7,10H,5-6H2/t10-/m0/s1. The maximum atomic E-state index is 12.3. The number of aliphatic imine (C=N–C) groups is 1. The zero-order valence-corrected chi connectivity index (χ0v) is 6.70. The predicted molar refractivity (Wildman–Crippen MR) is 47.5 cm³/mol. The Bertz CT molecular complexity index is 306. The number of fused-ring (bicyclic) bond motifs is 1. The van der Waals surface area contributed by atoms with E-state index in [-0.39, 0.29) is 12.7 Å². The van der Waals surface area contributed by atoms with Crippen LogP contribution in [0.3, 0.4) is 0 Å². The lowest BCUT2D eigenvalue weighted by Crippen LogP contribution is -2.16. The zero-order chi connectivity index (χ0) is 8.39. The largest absolute Gasteiger partial charge is 0.286 e. The Morgan fingerprint density at radius 1 is 1.42 bits per heavy atom. The molecule has 0 aliphatic carbocycles. The van der Waals surface area contributed by atoms with Gasteiger partial charge in [0, 0.05) is 6.21 Å². The molecule has 0 amide bonds. The highest BCUT2D eigenvalue weighted by Gasteiger charge is 2.13. The summed E-state index contributed by atoms with van der Waals surface area (Å²) in [5, 5.41) is 0. The highest BCUT2D eigenvalue weighted by Crippen LogP contribution is 2.15. The summed E-state index contributed by atoms with van der Waals surface area (Å²) in [7, 11) is 0. The van der Waals surface area contributed by atoms with Gasteiger partial charge in [-0.3, -0.25) is 4.99 Å². The number of halogens is 1. The van der Waals surface area contributed by atoms with Gasteiger partial charge in [-0.2, -0.15) is 0 Å². The number of alkyl halides is 1. The Hall–Kier alpha value is -1.18. The molecule has 0 radical (unpaired) electrons. The average molecular weight is 163 g/mol. The van der Waals surface area contributed by atoms with Crippen molar-refractivity contribution in [2.45, 2.75) is 12.5 Å². The quantitative estimate of drug-likeness (QED) is 0.600. The first-order chi connectivity index (χ1) is 5.90. The van der Waals surface area contributed by atoms with Crippen LogP contribution < -0.4 is 0 Å². The third-order valence-electron chi connectivity index (χ3n) is 2.11. The molecule has 1 aliphatic rings. The summed E-state index contributed by atoms with van der Waals surface area (Å²) in [6, 6.07) is 7.84. The third-order valence-corrected chi connectivity index (χ3v) is 2.11. The lowest BCUT2D eigenvalue weighted by molar-refractivity contribution is 0.427. The summed E-state index contributed by atoms with van der Waals surface area (Å²) in [6.45, 7) is -0.356. The lowest BCUT2D eigenvalue weighted by atomic mass is 9.99. The van der Waals surface area contributed by atoms with Crippen LogP contribution in [0.5, 0.6) is 0 Å². The van der Waals surface area contributed by atoms with Gasteiger partial charge in [0.25, 0.3) is 0 Å². The van der Waals surface area contributed by atoms with E-state index in [9.17, 15) is 4.39 Å². The normalized spacial score (nSPS) is 20.6. The number of hydrogen-bond donors (Lipinski definition) is 0. The molecule has 12 heavy (non-hydrogen) atoms. The van der Waals surface area contributed by atoms with Crippen molar-refractivity contribution in [3.63, 3.8) is 0 Å². The molecule has 2 rings (SSSR count). The monoisotopic (exact) mass is 163 g/mol. The number of nitrogens with zero attached hydrogens (tertiary/aromatic N) is 1. The van der Waals surface area contributed by atoms with Crippen molar-refractivity contribution in [1.82, 2.24) is 0 Å². The van der Waals surface area contributed by atoms with Crippen molar-refractivity contribution in [3.8, 4) is 0 Å². The first-order valence-corrected chi connectivity index (χ1v) is 4.07. The van der Waals surface area contributed by atoms with E-state index in [0.717, 1.165) is 12.0 Å². The van der Waals surface area contributed by atoms with E-state index >= 15 is 0 Å². The fourth-order valence-electron chi connectivity index (χ4n) is 1.43. The van der Waals surface area contributed by atoms with Gasteiger partial charge in [-0.05, 0) is 17.5 Å². The molecule has 1 aromatic carbocycles. The topological polar surface area (TPSA) is 12.4 Å². The minimum absolute atomic E-state index is 0.153. The van der Waals surface area contributed by atoms with Crippen LogP contribution in [0.4, 0.5) is 4.39 Å². The van der Waals surface area contributed by atoms with Crippen molar-refractivity contribution in [2.24, 2.45) is 4.99 Å². The Balaban J connectivity index is 2.33. The Morgan fingerprint density at radius 2 is 2.25 bits per heavy atom. The highest BCUT2D eigenvalue weighted by molar-refractivity contribution is 5.83. The zero-order valence-electron chi connectivity index (χ0n) is 6.70. The third kappa shape index (κ3) is 1.24. The average Bonchev–Trinajstić information content (AvgIpc) is 2.17. The number of rotatable bonds is 1. The van der Waals surface area contributed by atoms with Crippen molar-refractivity contribution in [3.05, 3.63) is 35.4 Å². The van der Waals surface area contributed by atoms with Gasteiger partial charge >= 0.3 is 0 Å². The molecule has 1 nitrogen and oxygen atoms in total. The van der Waals surface area contributed by atoms with Crippen LogP contribution >= 0.6 is 0 Å². The summed E-state index contributed by atoms with van der Waals surface area (Å²) in [5.41, 5.74) is 2.33. The number of benzene rings is 1. The molecule has 0 saturated heterocycles. The molecule has 0 bridgehead atoms. The second-order valence-electron chi connectivity index (χ2n) is 2.99. The van der Waals surface area contributed by atoms with Gasteiger partial charge in [0.2, 0.25) is 0 Å². The summed E-state index contributed by atoms with van der Waals surface area (Å²) in [6.07, 6.45) is 2.51. The smallest absolute Gasteiger partial charge is 0.112 e. The van der Waals surface area contributed by atoms with Gasteiger partial charge in [0.1, 0.15) is 6.67 Å². The molecule has 0 saturated carbocycles. The highest BCUT2D eigenvalue weighted by atomic mass is 19.1. The van der Waals surface area contributed by atoms with Crippen molar-refractivity contribution in [2.75, 3.05) is 6.67 Å². The van der Waals surface area contributed by atoms with Gasteiger partial charge in [-0.25, -0.2) is 4.39 Å². The van der Waals surface area contributed by atoms with E-state index in [2.05, 4.69) is 4.99 Å². The molecular formula is C10H10FN. The van der Waals surface area contributed by atoms with E-state index in [0.29, 0.717) is 0 Å². The molecule has 1 aliphatic heterocycles. The van der Waals surface area contributed by atoms with Crippen LogP contribution in [0.2, 0.25) is 0 Å². The van der Waals surface area contributed by atoms with E-state index in [1.54, 1.807) is 6.21 Å². The Labute approximate surface area is 70.9 Å². The molecule has 1 atom stereocenters. The van der Waals surface area contributed by atoms with Gasteiger partial charge in [0.15, 0.2) is 0 Å². The molecule has 1 aromatic rings. The fraction of sp³-hybridized carbons (Fsp3) is 0.300. The van der Waals surface area contributed by atoms with Crippen molar-refractivity contribution in [1.29, 1.82) is 0 Å². The first-order valence-electron chi connectivity index (χ1n) is 4.07. The Morgan fingerprint density at radius 3 is 3.08 bits per heavy atom. The van der Waals surface area contributed by atoms with Crippen molar-refractivity contribution < 1.29 is 4.39 Å².